The number of Topliss-reactive ketones (excluding diaryl/α,β-unsaturated/α-hetero) is 1. The molecule has 4 nitrogen and oxygen atoms in total. The third-order valence-corrected chi connectivity index (χ3v) is 2.08. The van der Waals surface area contributed by atoms with E-state index in [0.717, 1.165) is 6.61 Å². The van der Waals surface area contributed by atoms with Crippen LogP contribution in [0, 0.1) is 5.92 Å². The van der Waals surface area contributed by atoms with E-state index in [1.165, 1.54) is 0 Å². The molecule has 0 unspecified atom stereocenters. The molecule has 0 aromatic heterocycles. The SMILES string of the molecule is CCOCCOCCOCCC(=O)C(C)C. The molecule has 0 atom stereocenters. The zero-order chi connectivity index (χ0) is 12.2. The molecule has 0 rings (SSSR count). The van der Waals surface area contributed by atoms with Gasteiger partial charge in [-0.05, 0) is 6.92 Å². The molecule has 96 valence electrons. The fraction of sp³-hybridized carbons (Fsp3) is 0.917. The van der Waals surface area contributed by atoms with Crippen molar-refractivity contribution in [3.63, 3.8) is 0 Å². The highest BCUT2D eigenvalue weighted by Gasteiger charge is 2.05. The number of ketones is 1. The number of carbonyl (C=O) groups is 1. The molecule has 0 aromatic rings. The summed E-state index contributed by atoms with van der Waals surface area (Å²) < 4.78 is 15.6. The van der Waals surface area contributed by atoms with Gasteiger partial charge in [-0.1, -0.05) is 13.8 Å². The molecule has 0 bridgehead atoms. The molecule has 0 spiro atoms. The lowest BCUT2D eigenvalue weighted by atomic mass is 10.1. The van der Waals surface area contributed by atoms with Gasteiger partial charge in [0.2, 0.25) is 0 Å². The first-order chi connectivity index (χ1) is 7.68. The Morgan fingerprint density at radius 2 is 1.44 bits per heavy atom. The number of carbonyl (C=O) groups excluding carboxylic acids is 1. The standard InChI is InChI=1S/C12H24O4/c1-4-14-7-8-16-10-9-15-6-5-12(13)11(2)3/h11H,4-10H2,1-3H3. The summed E-state index contributed by atoms with van der Waals surface area (Å²) >= 11 is 0. The van der Waals surface area contributed by atoms with E-state index in [2.05, 4.69) is 0 Å². The second-order valence-electron chi connectivity index (χ2n) is 3.79. The Kier molecular flexibility index (Phi) is 10.7. The monoisotopic (exact) mass is 232 g/mol. The summed E-state index contributed by atoms with van der Waals surface area (Å²) in [6.45, 7) is 9.29. The van der Waals surface area contributed by atoms with E-state index in [1.54, 1.807) is 0 Å². The highest BCUT2D eigenvalue weighted by atomic mass is 16.5. The molecule has 0 aliphatic carbocycles. The Labute approximate surface area is 98.3 Å². The molecule has 16 heavy (non-hydrogen) atoms. The van der Waals surface area contributed by atoms with Gasteiger partial charge in [0, 0.05) is 18.9 Å². The first-order valence-electron chi connectivity index (χ1n) is 5.94. The maximum atomic E-state index is 11.2. The van der Waals surface area contributed by atoms with Crippen molar-refractivity contribution in [1.29, 1.82) is 0 Å². The van der Waals surface area contributed by atoms with Gasteiger partial charge in [0.15, 0.2) is 0 Å². The number of hydrogen-bond acceptors (Lipinski definition) is 4. The van der Waals surface area contributed by atoms with Gasteiger partial charge in [0.1, 0.15) is 5.78 Å². The molecule has 0 saturated carbocycles. The lowest BCUT2D eigenvalue weighted by Crippen LogP contribution is -2.13. The van der Waals surface area contributed by atoms with Gasteiger partial charge in [-0.3, -0.25) is 4.79 Å². The maximum Gasteiger partial charge on any atom is 0.137 e. The van der Waals surface area contributed by atoms with Crippen LogP contribution in [0.1, 0.15) is 27.2 Å². The Morgan fingerprint density at radius 1 is 0.938 bits per heavy atom. The van der Waals surface area contributed by atoms with Gasteiger partial charge in [-0.25, -0.2) is 0 Å². The van der Waals surface area contributed by atoms with Crippen LogP contribution >= 0.6 is 0 Å². The predicted octanol–water partition coefficient (Wildman–Crippen LogP) is 1.67. The lowest BCUT2D eigenvalue weighted by molar-refractivity contribution is -0.123. The molecular weight excluding hydrogens is 208 g/mol. The fourth-order valence-corrected chi connectivity index (χ4v) is 1.05. The molecule has 0 radical (unpaired) electrons. The van der Waals surface area contributed by atoms with E-state index in [0.29, 0.717) is 39.5 Å². The molecule has 0 aliphatic heterocycles. The smallest absolute Gasteiger partial charge is 0.137 e. The highest BCUT2D eigenvalue weighted by molar-refractivity contribution is 5.80. The van der Waals surface area contributed by atoms with Crippen molar-refractivity contribution in [2.75, 3.05) is 39.6 Å². The minimum Gasteiger partial charge on any atom is -0.379 e. The topological polar surface area (TPSA) is 44.8 Å². The molecule has 4 heteroatoms. The van der Waals surface area contributed by atoms with Crippen LogP contribution in [0.3, 0.4) is 0 Å². The molecule has 0 saturated heterocycles. The maximum absolute atomic E-state index is 11.2. The lowest BCUT2D eigenvalue weighted by Gasteiger charge is -2.06. The van der Waals surface area contributed by atoms with Crippen LogP contribution in [0.5, 0.6) is 0 Å². The summed E-state index contributed by atoms with van der Waals surface area (Å²) in [5.74, 6) is 0.350. The van der Waals surface area contributed by atoms with Crippen LogP contribution in [-0.4, -0.2) is 45.4 Å². The van der Waals surface area contributed by atoms with Crippen LogP contribution in [-0.2, 0) is 19.0 Å². The first-order valence-corrected chi connectivity index (χ1v) is 5.94. The summed E-state index contributed by atoms with van der Waals surface area (Å²) in [6, 6.07) is 0. The summed E-state index contributed by atoms with van der Waals surface area (Å²) in [7, 11) is 0. The van der Waals surface area contributed by atoms with Crippen molar-refractivity contribution in [2.45, 2.75) is 27.2 Å². The second-order valence-corrected chi connectivity index (χ2v) is 3.79. The molecule has 0 aromatic carbocycles. The van der Waals surface area contributed by atoms with Crippen LogP contribution in [0.15, 0.2) is 0 Å². The van der Waals surface area contributed by atoms with Gasteiger partial charge >= 0.3 is 0 Å². The minimum atomic E-state index is 0.103. The quantitative estimate of drug-likeness (QED) is 0.508. The number of ether oxygens (including phenoxy) is 3. The molecule has 0 aliphatic rings. The first kappa shape index (κ1) is 15.6. The van der Waals surface area contributed by atoms with E-state index in [9.17, 15) is 4.79 Å². The van der Waals surface area contributed by atoms with Gasteiger partial charge in [-0.15, -0.1) is 0 Å². The van der Waals surface area contributed by atoms with Crippen LogP contribution in [0.2, 0.25) is 0 Å². The van der Waals surface area contributed by atoms with Gasteiger partial charge < -0.3 is 14.2 Å². The Bertz CT molecular complexity index is 168. The van der Waals surface area contributed by atoms with Crippen molar-refractivity contribution < 1.29 is 19.0 Å². The normalized spacial score (nSPS) is 11.0. The van der Waals surface area contributed by atoms with Crippen LogP contribution < -0.4 is 0 Å². The van der Waals surface area contributed by atoms with Gasteiger partial charge in [0.05, 0.1) is 33.0 Å². The molecule has 0 fully saturated rings. The summed E-state index contributed by atoms with van der Waals surface area (Å²) in [4.78, 5) is 11.2. The van der Waals surface area contributed by atoms with E-state index < -0.39 is 0 Å². The Balaban J connectivity index is 3.07. The third-order valence-electron chi connectivity index (χ3n) is 2.08. The average Bonchev–Trinajstić information content (AvgIpc) is 2.26. The Morgan fingerprint density at radius 3 is 1.94 bits per heavy atom. The predicted molar refractivity (Wildman–Crippen MR) is 62.6 cm³/mol. The largest absolute Gasteiger partial charge is 0.379 e. The van der Waals surface area contributed by atoms with Crippen molar-refractivity contribution in [3.8, 4) is 0 Å². The van der Waals surface area contributed by atoms with Crippen LogP contribution in [0.25, 0.3) is 0 Å². The number of rotatable bonds is 11. The second kappa shape index (κ2) is 11.0. The number of hydrogen-bond donors (Lipinski definition) is 0. The molecule has 0 amide bonds. The molecule has 0 N–H and O–H groups in total. The van der Waals surface area contributed by atoms with Crippen molar-refractivity contribution in [3.05, 3.63) is 0 Å². The minimum absolute atomic E-state index is 0.103. The average molecular weight is 232 g/mol. The zero-order valence-electron chi connectivity index (χ0n) is 10.7. The summed E-state index contributed by atoms with van der Waals surface area (Å²) in [6.07, 6.45) is 0.497. The summed E-state index contributed by atoms with van der Waals surface area (Å²) in [5, 5.41) is 0. The Hall–Kier alpha value is -0.450. The van der Waals surface area contributed by atoms with E-state index >= 15 is 0 Å². The van der Waals surface area contributed by atoms with Crippen molar-refractivity contribution in [1.82, 2.24) is 0 Å². The fourth-order valence-electron chi connectivity index (χ4n) is 1.05. The van der Waals surface area contributed by atoms with E-state index in [4.69, 9.17) is 14.2 Å². The van der Waals surface area contributed by atoms with Gasteiger partial charge in [0.25, 0.3) is 0 Å². The molecule has 0 heterocycles. The molecular formula is C12H24O4. The van der Waals surface area contributed by atoms with Crippen molar-refractivity contribution in [2.24, 2.45) is 5.92 Å². The summed E-state index contributed by atoms with van der Waals surface area (Å²) in [5.41, 5.74) is 0. The van der Waals surface area contributed by atoms with E-state index in [1.807, 2.05) is 20.8 Å². The van der Waals surface area contributed by atoms with Gasteiger partial charge in [-0.2, -0.15) is 0 Å². The third kappa shape index (κ3) is 10.1. The highest BCUT2D eigenvalue weighted by Crippen LogP contribution is 1.98. The zero-order valence-corrected chi connectivity index (χ0v) is 10.7. The van der Waals surface area contributed by atoms with Crippen molar-refractivity contribution >= 4 is 5.78 Å². The van der Waals surface area contributed by atoms with E-state index in [-0.39, 0.29) is 11.7 Å². The van der Waals surface area contributed by atoms with Crippen LogP contribution in [0.4, 0.5) is 0 Å².